The Morgan fingerprint density at radius 3 is 2.30 bits per heavy atom. The topological polar surface area (TPSA) is 93.7 Å². The molecule has 0 radical (unpaired) electrons. The van der Waals surface area contributed by atoms with Crippen molar-refractivity contribution < 1.29 is 23.9 Å². The van der Waals surface area contributed by atoms with Crippen LogP contribution in [-0.2, 0) is 19.1 Å². The predicted molar refractivity (Wildman–Crippen MR) is 83.3 cm³/mol. The van der Waals surface area contributed by atoms with E-state index in [-0.39, 0.29) is 6.61 Å². The molecular weight excluding hydrogens is 300 g/mol. The zero-order chi connectivity index (χ0) is 17.5. The minimum Gasteiger partial charge on any atom is -0.469 e. The molecule has 0 aliphatic rings. The predicted octanol–water partition coefficient (Wildman–Crippen LogP) is 1.05. The lowest BCUT2D eigenvalue weighted by Crippen LogP contribution is -2.58. The molecule has 0 saturated heterocycles. The molecule has 2 N–H and O–H groups in total. The van der Waals surface area contributed by atoms with Gasteiger partial charge in [0.2, 0.25) is 0 Å². The maximum Gasteiger partial charge on any atom is 0.326 e. The Morgan fingerprint density at radius 1 is 1.17 bits per heavy atom. The van der Waals surface area contributed by atoms with Gasteiger partial charge in [0.15, 0.2) is 0 Å². The number of ether oxygens (including phenoxy) is 2. The first-order valence-corrected chi connectivity index (χ1v) is 7.20. The number of carbonyl (C=O) groups excluding carboxylic acids is 3. The quantitative estimate of drug-likeness (QED) is 0.576. The van der Waals surface area contributed by atoms with Gasteiger partial charge in [-0.3, -0.25) is 19.8 Å². The highest BCUT2D eigenvalue weighted by Gasteiger charge is 2.43. The average Bonchev–Trinajstić information content (AvgIpc) is 2.54. The number of hydrogen-bond donors (Lipinski definition) is 2. The van der Waals surface area contributed by atoms with Gasteiger partial charge >= 0.3 is 11.9 Å². The van der Waals surface area contributed by atoms with E-state index in [0.29, 0.717) is 5.56 Å². The Kier molecular flexibility index (Phi) is 6.71. The Labute approximate surface area is 135 Å². The lowest BCUT2D eigenvalue weighted by Gasteiger charge is -2.30. The molecule has 1 atom stereocenters. The van der Waals surface area contributed by atoms with Gasteiger partial charge in [0.1, 0.15) is 6.04 Å². The molecule has 1 unspecified atom stereocenters. The summed E-state index contributed by atoms with van der Waals surface area (Å²) in [4.78, 5) is 36.1. The van der Waals surface area contributed by atoms with Gasteiger partial charge in [0.05, 0.1) is 19.1 Å². The summed E-state index contributed by atoms with van der Waals surface area (Å²) in [7, 11) is 1.23. The smallest absolute Gasteiger partial charge is 0.326 e. The summed E-state index contributed by atoms with van der Waals surface area (Å²) in [6.07, 6.45) is 0. The van der Waals surface area contributed by atoms with E-state index in [9.17, 15) is 14.4 Å². The van der Waals surface area contributed by atoms with E-state index in [1.165, 1.54) is 21.0 Å². The molecule has 0 spiro atoms. The Morgan fingerprint density at radius 2 is 1.78 bits per heavy atom. The van der Waals surface area contributed by atoms with Crippen LogP contribution in [0, 0.1) is 5.41 Å². The zero-order valence-electron chi connectivity index (χ0n) is 13.7. The summed E-state index contributed by atoms with van der Waals surface area (Å²) in [5.41, 5.74) is 4.19. The highest BCUT2D eigenvalue weighted by molar-refractivity contribution is 5.94. The molecule has 0 fully saturated rings. The van der Waals surface area contributed by atoms with E-state index in [1.807, 2.05) is 0 Å². The lowest BCUT2D eigenvalue weighted by atomic mass is 9.84. The van der Waals surface area contributed by atoms with E-state index >= 15 is 0 Å². The Bertz CT molecular complexity index is 557. The second-order valence-corrected chi connectivity index (χ2v) is 5.36. The molecule has 0 aliphatic heterocycles. The average molecular weight is 322 g/mol. The van der Waals surface area contributed by atoms with Gasteiger partial charge in [-0.05, 0) is 32.9 Å². The number of esters is 2. The molecule has 126 valence electrons. The number of nitrogens with one attached hydrogen (secondary N) is 2. The number of rotatable bonds is 7. The number of hydrogen-bond acceptors (Lipinski definition) is 6. The zero-order valence-corrected chi connectivity index (χ0v) is 13.7. The summed E-state index contributed by atoms with van der Waals surface area (Å²) in [5, 5.41) is 0. The second-order valence-electron chi connectivity index (χ2n) is 5.36. The minimum atomic E-state index is -1.23. The fourth-order valence-electron chi connectivity index (χ4n) is 1.94. The monoisotopic (exact) mass is 322 g/mol. The van der Waals surface area contributed by atoms with Gasteiger partial charge in [-0.2, -0.15) is 0 Å². The van der Waals surface area contributed by atoms with Crippen molar-refractivity contribution in [1.82, 2.24) is 10.9 Å². The molecule has 0 heterocycles. The molecule has 1 aromatic rings. The fraction of sp³-hybridized carbons (Fsp3) is 0.438. The number of carbonyl (C=O) groups is 3. The molecule has 0 bridgehead atoms. The first-order chi connectivity index (χ1) is 10.8. The van der Waals surface area contributed by atoms with Crippen LogP contribution in [0.5, 0.6) is 0 Å². The SMILES string of the molecule is CCOC(=O)C(NNC(=O)c1ccccc1)C(C)(C)C(=O)OC. The van der Waals surface area contributed by atoms with Crippen molar-refractivity contribution in [3.63, 3.8) is 0 Å². The highest BCUT2D eigenvalue weighted by Crippen LogP contribution is 2.23. The van der Waals surface area contributed by atoms with Crippen LogP contribution < -0.4 is 10.9 Å². The van der Waals surface area contributed by atoms with Crippen molar-refractivity contribution in [2.24, 2.45) is 5.41 Å². The summed E-state index contributed by atoms with van der Waals surface area (Å²) >= 11 is 0. The van der Waals surface area contributed by atoms with Crippen LogP contribution in [0.4, 0.5) is 0 Å². The third kappa shape index (κ3) is 4.79. The molecule has 7 heteroatoms. The van der Waals surface area contributed by atoms with Gasteiger partial charge in [-0.1, -0.05) is 18.2 Å². The van der Waals surface area contributed by atoms with Crippen LogP contribution in [0.1, 0.15) is 31.1 Å². The molecule has 0 aliphatic carbocycles. The van der Waals surface area contributed by atoms with Crippen molar-refractivity contribution in [3.8, 4) is 0 Å². The van der Waals surface area contributed by atoms with E-state index in [2.05, 4.69) is 10.9 Å². The largest absolute Gasteiger partial charge is 0.469 e. The highest BCUT2D eigenvalue weighted by atomic mass is 16.5. The maximum atomic E-state index is 12.1. The summed E-state index contributed by atoms with van der Waals surface area (Å²) in [5.74, 6) is -1.69. The molecule has 0 aromatic heterocycles. The minimum absolute atomic E-state index is 0.154. The van der Waals surface area contributed by atoms with Crippen molar-refractivity contribution in [2.75, 3.05) is 13.7 Å². The van der Waals surface area contributed by atoms with Gasteiger partial charge < -0.3 is 9.47 Å². The molecule has 7 nitrogen and oxygen atoms in total. The van der Waals surface area contributed by atoms with Crippen LogP contribution in [-0.4, -0.2) is 37.6 Å². The summed E-state index contributed by atoms with van der Waals surface area (Å²) in [6.45, 7) is 4.87. The molecule has 0 saturated carbocycles. The molecule has 23 heavy (non-hydrogen) atoms. The number of benzene rings is 1. The standard InChI is InChI=1S/C16H22N2O5/c1-5-23-14(20)12(16(2,3)15(21)22-4)17-18-13(19)11-9-7-6-8-10-11/h6-10,12,17H,5H2,1-4H3,(H,18,19). The van der Waals surface area contributed by atoms with Crippen molar-refractivity contribution in [1.29, 1.82) is 0 Å². The Hall–Kier alpha value is -2.41. The molecular formula is C16H22N2O5. The van der Waals surface area contributed by atoms with Crippen molar-refractivity contribution >= 4 is 17.8 Å². The normalized spacial score (nSPS) is 12.2. The third-order valence-corrected chi connectivity index (χ3v) is 3.32. The van der Waals surface area contributed by atoms with E-state index in [4.69, 9.17) is 9.47 Å². The van der Waals surface area contributed by atoms with Gasteiger partial charge in [0.25, 0.3) is 5.91 Å². The van der Waals surface area contributed by atoms with Crippen molar-refractivity contribution in [2.45, 2.75) is 26.8 Å². The number of hydrazine groups is 1. The fourth-order valence-corrected chi connectivity index (χ4v) is 1.94. The van der Waals surface area contributed by atoms with E-state index < -0.39 is 29.3 Å². The number of methoxy groups -OCH3 is 1. The van der Waals surface area contributed by atoms with Crippen molar-refractivity contribution in [3.05, 3.63) is 35.9 Å². The van der Waals surface area contributed by atoms with Crippen LogP contribution in [0.15, 0.2) is 30.3 Å². The lowest BCUT2D eigenvalue weighted by molar-refractivity contribution is -0.162. The first-order valence-electron chi connectivity index (χ1n) is 7.20. The van der Waals surface area contributed by atoms with Crippen LogP contribution in [0.2, 0.25) is 0 Å². The van der Waals surface area contributed by atoms with E-state index in [0.717, 1.165) is 0 Å². The molecule has 1 amide bonds. The molecule has 1 rings (SSSR count). The summed E-state index contributed by atoms with van der Waals surface area (Å²) in [6, 6.07) is 7.38. The van der Waals surface area contributed by atoms with Crippen LogP contribution >= 0.6 is 0 Å². The van der Waals surface area contributed by atoms with Gasteiger partial charge in [0, 0.05) is 5.56 Å². The van der Waals surface area contributed by atoms with Crippen LogP contribution in [0.3, 0.4) is 0 Å². The maximum absolute atomic E-state index is 12.1. The second kappa shape index (κ2) is 8.28. The van der Waals surface area contributed by atoms with Gasteiger partial charge in [-0.25, -0.2) is 5.43 Å². The number of amides is 1. The first kappa shape index (κ1) is 18.6. The molecule has 1 aromatic carbocycles. The Balaban J connectivity index is 2.87. The third-order valence-electron chi connectivity index (χ3n) is 3.32. The van der Waals surface area contributed by atoms with Gasteiger partial charge in [-0.15, -0.1) is 0 Å². The van der Waals surface area contributed by atoms with Crippen LogP contribution in [0.25, 0.3) is 0 Å². The van der Waals surface area contributed by atoms with E-state index in [1.54, 1.807) is 37.3 Å². The summed E-state index contributed by atoms with van der Waals surface area (Å²) < 4.78 is 9.68.